The second-order valence-corrected chi connectivity index (χ2v) is 6.77. The highest BCUT2D eigenvalue weighted by atomic mass is 16.4. The molecule has 100 valence electrons. The summed E-state index contributed by atoms with van der Waals surface area (Å²) in [5.74, 6) is 0.298. The van der Waals surface area contributed by atoms with E-state index < -0.39 is 5.97 Å². The minimum absolute atomic E-state index is 0.184. The quantitative estimate of drug-likeness (QED) is 0.833. The first kappa shape index (κ1) is 12.0. The number of rotatable bonds is 3. The van der Waals surface area contributed by atoms with Crippen molar-refractivity contribution in [2.24, 2.45) is 16.7 Å². The summed E-state index contributed by atoms with van der Waals surface area (Å²) in [4.78, 5) is 24.2. The molecule has 4 heteroatoms. The van der Waals surface area contributed by atoms with Gasteiger partial charge in [-0.3, -0.25) is 9.59 Å². The predicted octanol–water partition coefficient (Wildman–Crippen LogP) is 1.89. The van der Waals surface area contributed by atoms with E-state index in [9.17, 15) is 9.59 Å². The van der Waals surface area contributed by atoms with Crippen LogP contribution in [0.1, 0.15) is 45.4 Å². The van der Waals surface area contributed by atoms with E-state index in [1.807, 2.05) is 4.90 Å². The number of hydrogen-bond donors (Lipinski definition) is 1. The molecular weight excluding hydrogens is 230 g/mol. The Morgan fingerprint density at radius 1 is 1.22 bits per heavy atom. The Hall–Kier alpha value is -1.06. The first-order valence-electron chi connectivity index (χ1n) is 6.94. The van der Waals surface area contributed by atoms with Gasteiger partial charge < -0.3 is 10.0 Å². The molecule has 0 aromatic heterocycles. The minimum Gasteiger partial charge on any atom is -0.481 e. The lowest BCUT2D eigenvalue weighted by molar-refractivity contribution is -0.229. The molecule has 3 aliphatic carbocycles. The van der Waals surface area contributed by atoms with Crippen LogP contribution in [0.2, 0.25) is 0 Å². The highest BCUT2D eigenvalue weighted by Crippen LogP contribution is 2.75. The van der Waals surface area contributed by atoms with Crippen molar-refractivity contribution in [1.29, 1.82) is 0 Å². The Balaban J connectivity index is 1.47. The predicted molar refractivity (Wildman–Crippen MR) is 65.9 cm³/mol. The number of amides is 1. The Kier molecular flexibility index (Phi) is 2.48. The van der Waals surface area contributed by atoms with E-state index in [1.165, 1.54) is 6.42 Å². The third-order valence-electron chi connectivity index (χ3n) is 5.38. The highest BCUT2D eigenvalue weighted by Gasteiger charge is 2.71. The van der Waals surface area contributed by atoms with Crippen molar-refractivity contribution in [3.8, 4) is 0 Å². The van der Waals surface area contributed by atoms with Crippen molar-refractivity contribution in [2.75, 3.05) is 13.1 Å². The smallest absolute Gasteiger partial charge is 0.309 e. The lowest BCUT2D eigenvalue weighted by Gasteiger charge is -2.69. The van der Waals surface area contributed by atoms with Gasteiger partial charge in [-0.2, -0.15) is 0 Å². The zero-order valence-electron chi connectivity index (χ0n) is 10.9. The summed E-state index contributed by atoms with van der Waals surface area (Å²) in [6.45, 7) is 3.42. The van der Waals surface area contributed by atoms with Crippen molar-refractivity contribution in [2.45, 2.75) is 45.4 Å². The van der Waals surface area contributed by atoms with Gasteiger partial charge in [-0.25, -0.2) is 0 Å². The average Bonchev–Trinajstić information content (AvgIpc) is 2.21. The SMILES string of the molecule is CC(=O)N1CCC(CC23CC(C(=O)O)(C2)C3)CC1. The maximum absolute atomic E-state index is 11.2. The molecule has 0 spiro atoms. The molecule has 1 aliphatic heterocycles. The van der Waals surface area contributed by atoms with Gasteiger partial charge in [0.05, 0.1) is 5.41 Å². The topological polar surface area (TPSA) is 57.6 Å². The van der Waals surface area contributed by atoms with E-state index in [-0.39, 0.29) is 11.3 Å². The van der Waals surface area contributed by atoms with Gasteiger partial charge in [0, 0.05) is 20.0 Å². The second-order valence-electron chi connectivity index (χ2n) is 6.77. The van der Waals surface area contributed by atoms with Crippen LogP contribution in [0.15, 0.2) is 0 Å². The molecule has 18 heavy (non-hydrogen) atoms. The molecule has 1 saturated heterocycles. The Labute approximate surface area is 107 Å². The number of carboxylic acids is 1. The summed E-state index contributed by atoms with van der Waals surface area (Å²) in [5, 5.41) is 9.10. The van der Waals surface area contributed by atoms with Gasteiger partial charge in [-0.05, 0) is 49.9 Å². The van der Waals surface area contributed by atoms with E-state index in [1.54, 1.807) is 6.92 Å². The van der Waals surface area contributed by atoms with E-state index in [4.69, 9.17) is 5.11 Å². The van der Waals surface area contributed by atoms with Crippen LogP contribution >= 0.6 is 0 Å². The molecule has 1 N–H and O–H groups in total. The molecule has 4 fully saturated rings. The molecule has 0 unspecified atom stereocenters. The normalized spacial score (nSPS) is 38.8. The number of nitrogens with zero attached hydrogens (tertiary/aromatic N) is 1. The Morgan fingerprint density at radius 3 is 2.22 bits per heavy atom. The molecule has 4 rings (SSSR count). The van der Waals surface area contributed by atoms with Crippen LogP contribution in [0.4, 0.5) is 0 Å². The van der Waals surface area contributed by atoms with Crippen molar-refractivity contribution in [1.82, 2.24) is 4.90 Å². The van der Waals surface area contributed by atoms with Crippen LogP contribution < -0.4 is 0 Å². The largest absolute Gasteiger partial charge is 0.481 e. The van der Waals surface area contributed by atoms with Crippen LogP contribution in [0, 0.1) is 16.7 Å². The maximum atomic E-state index is 11.2. The molecule has 4 nitrogen and oxygen atoms in total. The third-order valence-corrected chi connectivity index (χ3v) is 5.38. The average molecular weight is 251 g/mol. The second kappa shape index (κ2) is 3.72. The third kappa shape index (κ3) is 1.65. The van der Waals surface area contributed by atoms with Crippen molar-refractivity contribution in [3.05, 3.63) is 0 Å². The maximum Gasteiger partial charge on any atom is 0.309 e. The fraction of sp³-hybridized carbons (Fsp3) is 0.857. The number of piperidine rings is 1. The molecule has 0 aromatic carbocycles. The summed E-state index contributed by atoms with van der Waals surface area (Å²) in [5.41, 5.74) is 0.0293. The monoisotopic (exact) mass is 251 g/mol. The molecule has 0 atom stereocenters. The number of carboxylic acid groups (broad SMARTS) is 1. The van der Waals surface area contributed by atoms with Gasteiger partial charge >= 0.3 is 5.97 Å². The lowest BCUT2D eigenvalue weighted by atomic mass is 9.33. The molecule has 0 radical (unpaired) electrons. The standard InChI is InChI=1S/C14H21NO3/c1-10(16)15-4-2-11(3-5-15)6-13-7-14(8-13,9-13)12(17)18/h11H,2-9H2,1H3,(H,17,18). The fourth-order valence-electron chi connectivity index (χ4n) is 4.51. The van der Waals surface area contributed by atoms with E-state index in [2.05, 4.69) is 0 Å². The zero-order valence-corrected chi connectivity index (χ0v) is 10.9. The van der Waals surface area contributed by atoms with E-state index in [0.717, 1.165) is 45.2 Å². The molecule has 4 aliphatic rings. The molecule has 0 aromatic rings. The minimum atomic E-state index is -0.587. The fourth-order valence-corrected chi connectivity index (χ4v) is 4.51. The van der Waals surface area contributed by atoms with Crippen molar-refractivity contribution in [3.63, 3.8) is 0 Å². The van der Waals surface area contributed by atoms with Gasteiger partial charge in [0.25, 0.3) is 0 Å². The number of carbonyl (C=O) groups excluding carboxylic acids is 1. The van der Waals surface area contributed by atoms with E-state index in [0.29, 0.717) is 11.3 Å². The highest BCUT2D eigenvalue weighted by molar-refractivity contribution is 5.79. The first-order valence-corrected chi connectivity index (χ1v) is 6.94. The van der Waals surface area contributed by atoms with Gasteiger partial charge in [-0.1, -0.05) is 0 Å². The molecular formula is C14H21NO3. The molecule has 3 saturated carbocycles. The van der Waals surface area contributed by atoms with Crippen LogP contribution in [0.5, 0.6) is 0 Å². The van der Waals surface area contributed by atoms with Crippen LogP contribution in [-0.4, -0.2) is 35.0 Å². The summed E-state index contributed by atoms with van der Waals surface area (Å²) in [6, 6.07) is 0. The number of likely N-dealkylation sites (tertiary alicyclic amines) is 1. The molecule has 1 heterocycles. The van der Waals surface area contributed by atoms with Crippen molar-refractivity contribution >= 4 is 11.9 Å². The summed E-state index contributed by atoms with van der Waals surface area (Å²) < 4.78 is 0. The number of aliphatic carboxylic acids is 1. The summed E-state index contributed by atoms with van der Waals surface area (Å²) in [6.07, 6.45) is 6.10. The van der Waals surface area contributed by atoms with Gasteiger partial charge in [0.1, 0.15) is 0 Å². The Bertz CT molecular complexity index is 376. The van der Waals surface area contributed by atoms with Crippen LogP contribution in [0.25, 0.3) is 0 Å². The van der Waals surface area contributed by atoms with Crippen molar-refractivity contribution < 1.29 is 14.7 Å². The summed E-state index contributed by atoms with van der Waals surface area (Å²) in [7, 11) is 0. The number of hydrogen-bond acceptors (Lipinski definition) is 2. The van der Waals surface area contributed by atoms with Gasteiger partial charge in [0.2, 0.25) is 5.91 Å². The Morgan fingerprint density at radius 2 is 1.78 bits per heavy atom. The van der Waals surface area contributed by atoms with Crippen LogP contribution in [0.3, 0.4) is 0 Å². The zero-order chi connectivity index (χ0) is 13.0. The van der Waals surface area contributed by atoms with Gasteiger partial charge in [0.15, 0.2) is 0 Å². The summed E-state index contributed by atoms with van der Waals surface area (Å²) >= 11 is 0. The van der Waals surface area contributed by atoms with E-state index >= 15 is 0 Å². The molecule has 1 amide bonds. The molecule has 2 bridgehead atoms. The van der Waals surface area contributed by atoms with Gasteiger partial charge in [-0.15, -0.1) is 0 Å². The number of carbonyl (C=O) groups is 2. The van der Waals surface area contributed by atoms with Crippen LogP contribution in [-0.2, 0) is 9.59 Å². The lowest BCUT2D eigenvalue weighted by Crippen LogP contribution is -2.65. The first-order chi connectivity index (χ1) is 8.45.